The van der Waals surface area contributed by atoms with Crippen molar-refractivity contribution in [2.75, 3.05) is 0 Å². The van der Waals surface area contributed by atoms with Gasteiger partial charge >= 0.3 is 5.97 Å². The first-order valence-electron chi connectivity index (χ1n) is 4.41. The SMILES string of the molecule is CC(C)C(=O)OSc1ccc(O)cc1O. The van der Waals surface area contributed by atoms with Crippen LogP contribution in [-0.2, 0) is 8.98 Å². The third kappa shape index (κ3) is 3.36. The van der Waals surface area contributed by atoms with E-state index in [1.165, 1.54) is 18.2 Å². The van der Waals surface area contributed by atoms with Crippen molar-refractivity contribution in [3.63, 3.8) is 0 Å². The Balaban J connectivity index is 2.62. The maximum atomic E-state index is 11.1. The van der Waals surface area contributed by atoms with Gasteiger partial charge < -0.3 is 14.4 Å². The number of phenolic OH excluding ortho intramolecular Hbond substituents is 2. The van der Waals surface area contributed by atoms with Gasteiger partial charge in [0, 0.05) is 6.07 Å². The number of carbonyl (C=O) groups excluding carboxylic acids is 1. The minimum atomic E-state index is -0.354. The summed E-state index contributed by atoms with van der Waals surface area (Å²) in [5, 5.41) is 18.4. The Labute approximate surface area is 92.1 Å². The molecule has 5 heteroatoms. The number of hydrogen-bond donors (Lipinski definition) is 2. The second kappa shape index (κ2) is 4.93. The van der Waals surface area contributed by atoms with Gasteiger partial charge in [0.1, 0.15) is 11.5 Å². The molecular formula is C10H12O4S. The number of hydrogen-bond acceptors (Lipinski definition) is 5. The fourth-order valence-electron chi connectivity index (χ4n) is 0.758. The molecule has 0 aliphatic heterocycles. The predicted molar refractivity (Wildman–Crippen MR) is 56.6 cm³/mol. The van der Waals surface area contributed by atoms with E-state index in [1.54, 1.807) is 13.8 Å². The van der Waals surface area contributed by atoms with Crippen LogP contribution in [0.1, 0.15) is 13.8 Å². The molecule has 0 saturated heterocycles. The third-order valence-corrected chi connectivity index (χ3v) is 2.40. The number of aromatic hydroxyl groups is 2. The summed E-state index contributed by atoms with van der Waals surface area (Å²) in [6.45, 7) is 3.44. The topological polar surface area (TPSA) is 66.8 Å². The lowest BCUT2D eigenvalue weighted by atomic mass is 10.2. The van der Waals surface area contributed by atoms with Crippen molar-refractivity contribution >= 4 is 18.0 Å². The monoisotopic (exact) mass is 228 g/mol. The second-order valence-electron chi connectivity index (χ2n) is 3.29. The first-order valence-corrected chi connectivity index (χ1v) is 5.15. The molecule has 0 aliphatic carbocycles. The lowest BCUT2D eigenvalue weighted by molar-refractivity contribution is -0.136. The van der Waals surface area contributed by atoms with Gasteiger partial charge in [-0.25, -0.2) is 0 Å². The van der Waals surface area contributed by atoms with Crippen LogP contribution >= 0.6 is 12.0 Å². The highest BCUT2D eigenvalue weighted by molar-refractivity contribution is 7.95. The van der Waals surface area contributed by atoms with Crippen LogP contribution in [0.3, 0.4) is 0 Å². The molecule has 2 N–H and O–H groups in total. The zero-order chi connectivity index (χ0) is 11.4. The summed E-state index contributed by atoms with van der Waals surface area (Å²) in [6, 6.07) is 4.07. The molecule has 0 unspecified atom stereocenters. The molecule has 1 aromatic rings. The van der Waals surface area contributed by atoms with Crippen LogP contribution in [0.15, 0.2) is 23.1 Å². The molecule has 82 valence electrons. The normalized spacial score (nSPS) is 10.3. The Morgan fingerprint density at radius 2 is 2.07 bits per heavy atom. The predicted octanol–water partition coefficient (Wildman–Crippen LogP) is 2.30. The number of benzene rings is 1. The molecule has 0 heterocycles. The summed E-state index contributed by atoms with van der Waals surface area (Å²) in [7, 11) is 0. The van der Waals surface area contributed by atoms with Crippen molar-refractivity contribution in [2.45, 2.75) is 18.7 Å². The molecule has 0 saturated carbocycles. The van der Waals surface area contributed by atoms with Crippen LogP contribution in [0.4, 0.5) is 0 Å². The van der Waals surface area contributed by atoms with Crippen molar-refractivity contribution in [2.24, 2.45) is 5.92 Å². The molecule has 0 amide bonds. The Hall–Kier alpha value is -1.36. The Morgan fingerprint density at radius 1 is 1.40 bits per heavy atom. The molecule has 0 spiro atoms. The minimum absolute atomic E-state index is 0.0352. The number of phenols is 2. The van der Waals surface area contributed by atoms with Gasteiger partial charge in [-0.2, -0.15) is 0 Å². The van der Waals surface area contributed by atoms with E-state index in [9.17, 15) is 9.90 Å². The second-order valence-corrected chi connectivity index (χ2v) is 4.07. The number of carbonyl (C=O) groups is 1. The van der Waals surface area contributed by atoms with E-state index in [1.807, 2.05) is 0 Å². The van der Waals surface area contributed by atoms with Crippen LogP contribution in [0.5, 0.6) is 11.5 Å². The molecule has 0 aromatic heterocycles. The van der Waals surface area contributed by atoms with Crippen LogP contribution in [0.25, 0.3) is 0 Å². The average molecular weight is 228 g/mol. The standard InChI is InChI=1S/C10H12O4S/c1-6(2)10(13)14-15-9-4-3-7(11)5-8(9)12/h3-6,11-12H,1-2H3. The highest BCUT2D eigenvalue weighted by Gasteiger charge is 2.11. The fraction of sp³-hybridized carbons (Fsp3) is 0.300. The summed E-state index contributed by atoms with van der Waals surface area (Å²) >= 11 is 0.782. The summed E-state index contributed by atoms with van der Waals surface area (Å²) in [5.41, 5.74) is 0. The zero-order valence-corrected chi connectivity index (χ0v) is 9.25. The molecule has 0 atom stereocenters. The quantitative estimate of drug-likeness (QED) is 0.777. The lowest BCUT2D eigenvalue weighted by Gasteiger charge is -2.06. The van der Waals surface area contributed by atoms with Crippen molar-refractivity contribution in [3.05, 3.63) is 18.2 Å². The van der Waals surface area contributed by atoms with Gasteiger partial charge in [0.15, 0.2) is 0 Å². The molecular weight excluding hydrogens is 216 g/mol. The first-order chi connectivity index (χ1) is 7.00. The van der Waals surface area contributed by atoms with E-state index in [0.717, 1.165) is 12.0 Å². The van der Waals surface area contributed by atoms with Gasteiger partial charge in [-0.15, -0.1) is 0 Å². The maximum absolute atomic E-state index is 11.1. The van der Waals surface area contributed by atoms with Gasteiger partial charge in [0.25, 0.3) is 0 Å². The zero-order valence-electron chi connectivity index (χ0n) is 8.43. The van der Waals surface area contributed by atoms with Crippen LogP contribution < -0.4 is 0 Å². The highest BCUT2D eigenvalue weighted by atomic mass is 32.2. The maximum Gasteiger partial charge on any atom is 0.320 e. The molecule has 0 fully saturated rings. The molecule has 15 heavy (non-hydrogen) atoms. The van der Waals surface area contributed by atoms with Crippen LogP contribution in [-0.4, -0.2) is 16.2 Å². The summed E-state index contributed by atoms with van der Waals surface area (Å²) in [5.74, 6) is -0.715. The average Bonchev–Trinajstić information content (AvgIpc) is 2.15. The smallest absolute Gasteiger partial charge is 0.320 e. The van der Waals surface area contributed by atoms with Gasteiger partial charge in [0.2, 0.25) is 0 Å². The summed E-state index contributed by atoms with van der Waals surface area (Å²) in [4.78, 5) is 11.5. The van der Waals surface area contributed by atoms with Crippen LogP contribution in [0.2, 0.25) is 0 Å². The molecule has 4 nitrogen and oxygen atoms in total. The van der Waals surface area contributed by atoms with E-state index < -0.39 is 0 Å². The Morgan fingerprint density at radius 3 is 2.60 bits per heavy atom. The van der Waals surface area contributed by atoms with E-state index in [-0.39, 0.29) is 23.4 Å². The molecule has 0 bridgehead atoms. The van der Waals surface area contributed by atoms with Crippen LogP contribution in [0, 0.1) is 5.92 Å². The lowest BCUT2D eigenvalue weighted by Crippen LogP contribution is -2.06. The van der Waals surface area contributed by atoms with Gasteiger partial charge in [-0.3, -0.25) is 4.79 Å². The molecule has 1 rings (SSSR count). The van der Waals surface area contributed by atoms with E-state index in [4.69, 9.17) is 9.29 Å². The van der Waals surface area contributed by atoms with Crippen molar-refractivity contribution in [1.29, 1.82) is 0 Å². The largest absolute Gasteiger partial charge is 0.508 e. The van der Waals surface area contributed by atoms with E-state index in [2.05, 4.69) is 0 Å². The van der Waals surface area contributed by atoms with Gasteiger partial charge in [-0.1, -0.05) is 13.8 Å². The molecule has 0 aliphatic rings. The van der Waals surface area contributed by atoms with Crippen molar-refractivity contribution < 1.29 is 19.2 Å². The Bertz CT molecular complexity index is 362. The van der Waals surface area contributed by atoms with Crippen molar-refractivity contribution in [1.82, 2.24) is 0 Å². The number of rotatable bonds is 3. The highest BCUT2D eigenvalue weighted by Crippen LogP contribution is 2.32. The van der Waals surface area contributed by atoms with Crippen molar-refractivity contribution in [3.8, 4) is 11.5 Å². The summed E-state index contributed by atoms with van der Waals surface area (Å²) < 4.78 is 4.85. The Kier molecular flexibility index (Phi) is 3.85. The third-order valence-electron chi connectivity index (χ3n) is 1.63. The van der Waals surface area contributed by atoms with E-state index in [0.29, 0.717) is 4.90 Å². The van der Waals surface area contributed by atoms with Gasteiger partial charge in [-0.05, 0) is 12.1 Å². The molecule has 0 radical (unpaired) electrons. The fourth-order valence-corrected chi connectivity index (χ4v) is 1.39. The first kappa shape index (κ1) is 11.7. The summed E-state index contributed by atoms with van der Waals surface area (Å²) in [6.07, 6.45) is 0. The minimum Gasteiger partial charge on any atom is -0.508 e. The van der Waals surface area contributed by atoms with E-state index >= 15 is 0 Å². The van der Waals surface area contributed by atoms with Gasteiger partial charge in [0.05, 0.1) is 22.9 Å². The molecule has 1 aromatic carbocycles.